The zero-order valence-electron chi connectivity index (χ0n) is 19.8. The number of nitrogens with zero attached hydrogens (tertiary/aromatic N) is 7. The number of rotatable bonds is 5. The van der Waals surface area contributed by atoms with Crippen LogP contribution in [0.25, 0.3) is 16.6 Å². The van der Waals surface area contributed by atoms with Crippen molar-refractivity contribution in [1.82, 2.24) is 34.2 Å². The summed E-state index contributed by atoms with van der Waals surface area (Å²) in [6.45, 7) is 3.50. The minimum absolute atomic E-state index is 0.0615. The minimum atomic E-state index is -4.51. The molecule has 5 rings (SSSR count). The normalized spacial score (nSPS) is 12.7. The second-order valence-electron chi connectivity index (χ2n) is 8.50. The maximum absolute atomic E-state index is 13.8. The molecule has 37 heavy (non-hydrogen) atoms. The van der Waals surface area contributed by atoms with Crippen molar-refractivity contribution >= 4 is 28.3 Å². The van der Waals surface area contributed by atoms with Crippen LogP contribution in [0.5, 0.6) is 0 Å². The highest BCUT2D eigenvalue weighted by molar-refractivity contribution is 5.98. The van der Waals surface area contributed by atoms with E-state index in [4.69, 9.17) is 5.73 Å². The van der Waals surface area contributed by atoms with Gasteiger partial charge in [-0.2, -0.15) is 13.2 Å². The number of fused-ring (bicyclic) bond motifs is 3. The van der Waals surface area contributed by atoms with Crippen LogP contribution in [0, 0.1) is 6.92 Å². The topological polar surface area (TPSA) is 115 Å². The van der Waals surface area contributed by atoms with Gasteiger partial charge in [0.1, 0.15) is 23.5 Å². The molecule has 12 heteroatoms. The molecule has 0 bridgehead atoms. The van der Waals surface area contributed by atoms with Gasteiger partial charge in [-0.05, 0) is 50.2 Å². The fourth-order valence-corrected chi connectivity index (χ4v) is 4.13. The van der Waals surface area contributed by atoms with E-state index in [2.05, 4.69) is 24.9 Å². The van der Waals surface area contributed by atoms with Crippen molar-refractivity contribution in [2.24, 2.45) is 0 Å². The quantitative estimate of drug-likeness (QED) is 0.376. The Morgan fingerprint density at radius 3 is 2.54 bits per heavy atom. The van der Waals surface area contributed by atoms with E-state index < -0.39 is 17.8 Å². The smallest absolute Gasteiger partial charge is 0.382 e. The molecule has 4 heterocycles. The van der Waals surface area contributed by atoms with Crippen molar-refractivity contribution in [1.29, 1.82) is 0 Å². The highest BCUT2D eigenvalue weighted by atomic mass is 19.4. The van der Waals surface area contributed by atoms with E-state index in [0.717, 1.165) is 12.3 Å². The number of alkyl halides is 3. The number of nitrogens with two attached hydrogens (primary N) is 1. The van der Waals surface area contributed by atoms with Gasteiger partial charge in [-0.15, -0.1) is 0 Å². The van der Waals surface area contributed by atoms with Crippen molar-refractivity contribution < 1.29 is 18.0 Å². The number of pyridine rings is 1. The number of aryl methyl sites for hydroxylation is 1. The average molecular weight is 506 g/mol. The summed E-state index contributed by atoms with van der Waals surface area (Å²) in [5.74, 6) is 0.322. The van der Waals surface area contributed by atoms with Gasteiger partial charge in [0.15, 0.2) is 0 Å². The minimum Gasteiger partial charge on any atom is -0.382 e. The predicted molar refractivity (Wildman–Crippen MR) is 129 cm³/mol. The lowest BCUT2D eigenvalue weighted by Gasteiger charge is -2.28. The van der Waals surface area contributed by atoms with Crippen LogP contribution < -0.4 is 5.73 Å². The van der Waals surface area contributed by atoms with Gasteiger partial charge in [0.25, 0.3) is 5.91 Å². The number of hydrogen-bond donors (Lipinski definition) is 1. The molecule has 0 saturated carbocycles. The Morgan fingerprint density at radius 1 is 1.11 bits per heavy atom. The molecule has 1 atom stereocenters. The Morgan fingerprint density at radius 2 is 1.86 bits per heavy atom. The van der Waals surface area contributed by atoms with Gasteiger partial charge in [0.05, 0.1) is 40.6 Å². The second-order valence-corrected chi connectivity index (χ2v) is 8.50. The van der Waals surface area contributed by atoms with Gasteiger partial charge in [0, 0.05) is 24.2 Å². The molecule has 2 N–H and O–H groups in total. The zero-order chi connectivity index (χ0) is 26.3. The van der Waals surface area contributed by atoms with Crippen LogP contribution in [0.1, 0.15) is 46.1 Å². The molecule has 1 aromatic carbocycles. The van der Waals surface area contributed by atoms with Crippen molar-refractivity contribution in [3.63, 3.8) is 0 Å². The first kappa shape index (κ1) is 24.1. The summed E-state index contributed by atoms with van der Waals surface area (Å²) in [6, 6.07) is 8.24. The summed E-state index contributed by atoms with van der Waals surface area (Å²) in [7, 11) is 0. The largest absolute Gasteiger partial charge is 0.417 e. The molecule has 0 spiro atoms. The number of carbonyl (C=O) groups excluding carboxylic acids is 1. The molecule has 0 aliphatic heterocycles. The lowest BCUT2D eigenvalue weighted by atomic mass is 10.1. The van der Waals surface area contributed by atoms with Gasteiger partial charge in [-0.3, -0.25) is 14.2 Å². The van der Waals surface area contributed by atoms with E-state index >= 15 is 0 Å². The fraction of sp³-hybridized carbons (Fsp3) is 0.200. The number of imidazole rings is 1. The van der Waals surface area contributed by atoms with Crippen LogP contribution in [0.15, 0.2) is 61.3 Å². The predicted octanol–water partition coefficient (Wildman–Crippen LogP) is 4.38. The average Bonchev–Trinajstić information content (AvgIpc) is 3.29. The van der Waals surface area contributed by atoms with E-state index in [-0.39, 0.29) is 18.1 Å². The molecule has 0 fully saturated rings. The van der Waals surface area contributed by atoms with Crippen LogP contribution in [-0.4, -0.2) is 40.1 Å². The lowest BCUT2D eigenvalue weighted by molar-refractivity contribution is -0.137. The van der Waals surface area contributed by atoms with Crippen LogP contribution in [0.4, 0.5) is 19.0 Å². The number of amides is 1. The second kappa shape index (κ2) is 9.12. The molecule has 5 aromatic rings. The van der Waals surface area contributed by atoms with E-state index in [1.54, 1.807) is 54.3 Å². The molecule has 1 amide bonds. The van der Waals surface area contributed by atoms with Gasteiger partial charge < -0.3 is 10.6 Å². The number of hydrogen-bond acceptors (Lipinski definition) is 7. The number of anilines is 1. The Kier molecular flexibility index (Phi) is 5.94. The fourth-order valence-electron chi connectivity index (χ4n) is 4.13. The summed E-state index contributed by atoms with van der Waals surface area (Å²) in [5.41, 5.74) is 8.41. The Labute approximate surface area is 208 Å². The van der Waals surface area contributed by atoms with Crippen LogP contribution in [0.3, 0.4) is 0 Å². The summed E-state index contributed by atoms with van der Waals surface area (Å²) in [4.78, 5) is 36.5. The molecule has 188 valence electrons. The van der Waals surface area contributed by atoms with Crippen molar-refractivity contribution in [2.75, 3.05) is 5.73 Å². The molecule has 1 unspecified atom stereocenters. The number of halogens is 3. The Balaban J connectivity index is 1.56. The summed E-state index contributed by atoms with van der Waals surface area (Å²) in [6.07, 6.45) is 0.978. The first-order valence-electron chi connectivity index (χ1n) is 11.3. The first-order valence-corrected chi connectivity index (χ1v) is 11.3. The highest BCUT2D eigenvalue weighted by Gasteiger charge is 2.31. The van der Waals surface area contributed by atoms with E-state index in [0.29, 0.717) is 39.4 Å². The lowest BCUT2D eigenvalue weighted by Crippen LogP contribution is -2.34. The molecular formula is C25H21F3N8O. The molecule has 0 radical (unpaired) electrons. The van der Waals surface area contributed by atoms with E-state index in [9.17, 15) is 18.0 Å². The summed E-state index contributed by atoms with van der Waals surface area (Å²) < 4.78 is 40.8. The van der Waals surface area contributed by atoms with Crippen molar-refractivity contribution in [3.05, 3.63) is 89.7 Å². The zero-order valence-corrected chi connectivity index (χ0v) is 19.8. The van der Waals surface area contributed by atoms with E-state index in [1.807, 2.05) is 6.92 Å². The number of benzene rings is 1. The molecule has 0 aliphatic rings. The summed E-state index contributed by atoms with van der Waals surface area (Å²) in [5, 5.41) is 0. The van der Waals surface area contributed by atoms with Crippen LogP contribution in [0.2, 0.25) is 0 Å². The first-order chi connectivity index (χ1) is 17.6. The Hall–Kier alpha value is -4.61. The standard InChI is InChI=1S/C25H21F3N8O/c1-14-21-22(29)34-19-7-4-16(10-20(19)36(21)13-33-14)24(37)35(15(2)23-30-8-3-9-31-23)12-18-6-5-17(11-32-18)25(26,27)28/h3-11,13,15H,12H2,1-2H3,(H2,29,34). The SMILES string of the molecule is Cc1ncn2c1c(N)nc1ccc(C(=O)N(Cc3ccc(C(F)(F)F)cn3)C(C)c3ncccn3)cc12. The van der Waals surface area contributed by atoms with Crippen LogP contribution >= 0.6 is 0 Å². The van der Waals surface area contributed by atoms with Crippen molar-refractivity contribution in [3.8, 4) is 0 Å². The monoisotopic (exact) mass is 506 g/mol. The van der Waals surface area contributed by atoms with Gasteiger partial charge in [-0.25, -0.2) is 19.9 Å². The number of nitrogen functional groups attached to an aromatic ring is 1. The summed E-state index contributed by atoms with van der Waals surface area (Å²) >= 11 is 0. The van der Waals surface area contributed by atoms with Gasteiger partial charge >= 0.3 is 6.18 Å². The molecular weight excluding hydrogens is 485 g/mol. The molecule has 0 saturated heterocycles. The van der Waals surface area contributed by atoms with Gasteiger partial charge in [-0.1, -0.05) is 0 Å². The van der Waals surface area contributed by atoms with Gasteiger partial charge in [0.2, 0.25) is 0 Å². The highest BCUT2D eigenvalue weighted by Crippen LogP contribution is 2.29. The van der Waals surface area contributed by atoms with E-state index in [1.165, 1.54) is 11.0 Å². The number of carbonyl (C=O) groups is 1. The molecule has 9 nitrogen and oxygen atoms in total. The maximum Gasteiger partial charge on any atom is 0.417 e. The Bertz CT molecular complexity index is 1600. The van der Waals surface area contributed by atoms with Crippen molar-refractivity contribution in [2.45, 2.75) is 32.6 Å². The third-order valence-electron chi connectivity index (χ3n) is 6.09. The third kappa shape index (κ3) is 4.53. The van der Waals surface area contributed by atoms with Crippen LogP contribution in [-0.2, 0) is 12.7 Å². The number of aromatic nitrogens is 6. The molecule has 4 aromatic heterocycles. The maximum atomic E-state index is 13.8. The third-order valence-corrected chi connectivity index (χ3v) is 6.09. The molecule has 0 aliphatic carbocycles.